The lowest BCUT2D eigenvalue weighted by Crippen LogP contribution is -2.27. The summed E-state index contributed by atoms with van der Waals surface area (Å²) in [5.74, 6) is 0. The number of rotatable bonds is 1. The van der Waals surface area contributed by atoms with Crippen LogP contribution < -0.4 is 10.2 Å². The van der Waals surface area contributed by atoms with Crippen LogP contribution in [0, 0.1) is 0 Å². The molecule has 2 rings (SSSR count). The van der Waals surface area contributed by atoms with Crippen LogP contribution in [0.25, 0.3) is 0 Å². The number of hydrogen-bond acceptors (Lipinski definition) is 1. The molecule has 1 aliphatic heterocycles. The molecule has 0 aromatic heterocycles. The molecule has 4 heteroatoms. The van der Waals surface area contributed by atoms with E-state index in [-0.39, 0.29) is 0 Å². The molecule has 1 aromatic rings. The lowest BCUT2D eigenvalue weighted by molar-refractivity contribution is 0.975. The summed E-state index contributed by atoms with van der Waals surface area (Å²) in [4.78, 5) is 2.06. The summed E-state index contributed by atoms with van der Waals surface area (Å²) in [5, 5.41) is 4.65. The highest BCUT2D eigenvalue weighted by molar-refractivity contribution is 7.80. The van der Waals surface area contributed by atoms with Gasteiger partial charge in [-0.2, -0.15) is 0 Å². The van der Waals surface area contributed by atoms with Crippen molar-refractivity contribution in [1.29, 1.82) is 0 Å². The van der Waals surface area contributed by atoms with Crippen LogP contribution in [0.5, 0.6) is 0 Å². The first kappa shape index (κ1) is 8.78. The van der Waals surface area contributed by atoms with Crippen LogP contribution in [0.2, 0.25) is 5.02 Å². The first-order valence-corrected chi connectivity index (χ1v) is 4.87. The van der Waals surface area contributed by atoms with E-state index in [0.29, 0.717) is 0 Å². The van der Waals surface area contributed by atoms with Crippen molar-refractivity contribution in [3.63, 3.8) is 0 Å². The minimum atomic E-state index is 0.752. The number of hydrogen-bond donors (Lipinski definition) is 1. The first-order valence-electron chi connectivity index (χ1n) is 4.08. The van der Waals surface area contributed by atoms with Gasteiger partial charge in [-0.3, -0.25) is 0 Å². The summed E-state index contributed by atoms with van der Waals surface area (Å²) in [6, 6.07) is 7.69. The minimum Gasteiger partial charge on any atom is -0.360 e. The molecule has 1 fully saturated rings. The molecule has 1 saturated heterocycles. The Morgan fingerprint density at radius 3 is 2.54 bits per heavy atom. The van der Waals surface area contributed by atoms with Crippen LogP contribution >= 0.6 is 23.8 Å². The van der Waals surface area contributed by atoms with Crippen molar-refractivity contribution >= 4 is 34.6 Å². The van der Waals surface area contributed by atoms with E-state index in [2.05, 4.69) is 10.2 Å². The Bertz CT molecular complexity index is 323. The molecule has 0 unspecified atom stereocenters. The fourth-order valence-corrected chi connectivity index (χ4v) is 1.76. The van der Waals surface area contributed by atoms with Crippen LogP contribution in [0.15, 0.2) is 24.3 Å². The molecular formula is C9H9ClN2S. The summed E-state index contributed by atoms with van der Waals surface area (Å²) >= 11 is 10.9. The van der Waals surface area contributed by atoms with E-state index in [1.54, 1.807) is 0 Å². The van der Waals surface area contributed by atoms with Gasteiger partial charge in [-0.05, 0) is 36.5 Å². The summed E-state index contributed by atoms with van der Waals surface area (Å²) in [6.45, 7) is 1.85. The Hall–Kier alpha value is -0.800. The molecule has 0 bridgehead atoms. The van der Waals surface area contributed by atoms with Gasteiger partial charge in [0.25, 0.3) is 0 Å². The maximum Gasteiger partial charge on any atom is 0.173 e. The molecule has 0 atom stereocenters. The Kier molecular flexibility index (Phi) is 2.38. The highest BCUT2D eigenvalue weighted by Gasteiger charge is 2.16. The van der Waals surface area contributed by atoms with Crippen LogP contribution in [-0.2, 0) is 0 Å². The SMILES string of the molecule is S=C1NCCN1c1ccc(Cl)cc1. The molecule has 0 spiro atoms. The molecule has 1 aromatic carbocycles. The summed E-state index contributed by atoms with van der Waals surface area (Å²) in [6.07, 6.45) is 0. The van der Waals surface area contributed by atoms with Crippen molar-refractivity contribution in [2.24, 2.45) is 0 Å². The standard InChI is InChI=1S/C9H9ClN2S/c10-7-1-3-8(4-2-7)12-6-5-11-9(12)13/h1-4H,5-6H2,(H,11,13). The van der Waals surface area contributed by atoms with Crippen molar-refractivity contribution < 1.29 is 0 Å². The van der Waals surface area contributed by atoms with E-state index in [1.165, 1.54) is 0 Å². The number of nitrogens with one attached hydrogen (secondary N) is 1. The summed E-state index contributed by atoms with van der Waals surface area (Å²) in [7, 11) is 0. The van der Waals surface area contributed by atoms with Crippen molar-refractivity contribution in [2.45, 2.75) is 0 Å². The molecule has 0 aliphatic carbocycles. The zero-order valence-corrected chi connectivity index (χ0v) is 8.53. The Morgan fingerprint density at radius 2 is 2.00 bits per heavy atom. The number of thiocarbonyl (C=S) groups is 1. The van der Waals surface area contributed by atoms with Gasteiger partial charge in [0.05, 0.1) is 0 Å². The third-order valence-corrected chi connectivity index (χ3v) is 2.61. The van der Waals surface area contributed by atoms with Gasteiger partial charge in [-0.25, -0.2) is 0 Å². The number of anilines is 1. The van der Waals surface area contributed by atoms with Crippen LogP contribution in [0.4, 0.5) is 5.69 Å². The Balaban J connectivity index is 2.25. The number of nitrogens with zero attached hydrogens (tertiary/aromatic N) is 1. The second kappa shape index (κ2) is 3.52. The quantitative estimate of drug-likeness (QED) is 0.718. The molecule has 2 nitrogen and oxygen atoms in total. The van der Waals surface area contributed by atoms with Gasteiger partial charge in [0.15, 0.2) is 5.11 Å². The van der Waals surface area contributed by atoms with Crippen molar-refractivity contribution in [3.05, 3.63) is 29.3 Å². The van der Waals surface area contributed by atoms with E-state index in [4.69, 9.17) is 23.8 Å². The van der Waals surface area contributed by atoms with Gasteiger partial charge >= 0.3 is 0 Å². The lowest BCUT2D eigenvalue weighted by atomic mass is 10.3. The van der Waals surface area contributed by atoms with Gasteiger partial charge < -0.3 is 10.2 Å². The molecule has 0 saturated carbocycles. The van der Waals surface area contributed by atoms with Gasteiger partial charge in [0.2, 0.25) is 0 Å². The monoisotopic (exact) mass is 212 g/mol. The van der Waals surface area contributed by atoms with Gasteiger partial charge in [-0.1, -0.05) is 11.6 Å². The van der Waals surface area contributed by atoms with E-state index in [9.17, 15) is 0 Å². The van der Waals surface area contributed by atoms with E-state index in [1.807, 2.05) is 24.3 Å². The second-order valence-corrected chi connectivity index (χ2v) is 3.68. The fraction of sp³-hybridized carbons (Fsp3) is 0.222. The maximum absolute atomic E-state index is 5.79. The molecule has 0 radical (unpaired) electrons. The normalized spacial score (nSPS) is 16.1. The molecule has 1 aliphatic rings. The lowest BCUT2D eigenvalue weighted by Gasteiger charge is -2.16. The molecule has 13 heavy (non-hydrogen) atoms. The average molecular weight is 213 g/mol. The number of benzene rings is 1. The molecule has 1 N–H and O–H groups in total. The molecule has 1 heterocycles. The highest BCUT2D eigenvalue weighted by Crippen LogP contribution is 2.19. The average Bonchev–Trinajstić information content (AvgIpc) is 2.53. The Labute approximate surface area is 87.5 Å². The predicted molar refractivity (Wildman–Crippen MR) is 59.4 cm³/mol. The smallest absolute Gasteiger partial charge is 0.173 e. The molecular weight excluding hydrogens is 204 g/mol. The largest absolute Gasteiger partial charge is 0.360 e. The minimum absolute atomic E-state index is 0.752. The van der Waals surface area contributed by atoms with Gasteiger partial charge in [0.1, 0.15) is 0 Å². The van der Waals surface area contributed by atoms with Crippen molar-refractivity contribution in [3.8, 4) is 0 Å². The van der Waals surface area contributed by atoms with E-state index < -0.39 is 0 Å². The number of halogens is 1. The zero-order chi connectivity index (χ0) is 9.26. The molecule has 68 valence electrons. The van der Waals surface area contributed by atoms with Crippen molar-refractivity contribution in [2.75, 3.05) is 18.0 Å². The van der Waals surface area contributed by atoms with Crippen LogP contribution in [-0.4, -0.2) is 18.2 Å². The third-order valence-electron chi connectivity index (χ3n) is 2.00. The van der Waals surface area contributed by atoms with Crippen molar-refractivity contribution in [1.82, 2.24) is 5.32 Å². The van der Waals surface area contributed by atoms with Gasteiger partial charge in [0, 0.05) is 23.8 Å². The second-order valence-electron chi connectivity index (χ2n) is 2.86. The van der Waals surface area contributed by atoms with Gasteiger partial charge in [-0.15, -0.1) is 0 Å². The molecule has 0 amide bonds. The van der Waals surface area contributed by atoms with E-state index >= 15 is 0 Å². The summed E-state index contributed by atoms with van der Waals surface area (Å²) in [5.41, 5.74) is 1.10. The third kappa shape index (κ3) is 1.76. The maximum atomic E-state index is 5.79. The van der Waals surface area contributed by atoms with Crippen LogP contribution in [0.3, 0.4) is 0 Å². The predicted octanol–water partition coefficient (Wildman–Crippen LogP) is 2.03. The zero-order valence-electron chi connectivity index (χ0n) is 6.96. The fourth-order valence-electron chi connectivity index (χ4n) is 1.34. The highest BCUT2D eigenvalue weighted by atomic mass is 35.5. The first-order chi connectivity index (χ1) is 6.27. The van der Waals surface area contributed by atoms with E-state index in [0.717, 1.165) is 28.9 Å². The topological polar surface area (TPSA) is 15.3 Å². The summed E-state index contributed by atoms with van der Waals surface area (Å²) < 4.78 is 0. The van der Waals surface area contributed by atoms with Crippen LogP contribution in [0.1, 0.15) is 0 Å². The Morgan fingerprint density at radius 1 is 1.31 bits per heavy atom.